The van der Waals surface area contributed by atoms with E-state index in [-0.39, 0.29) is 38.0 Å². The van der Waals surface area contributed by atoms with Gasteiger partial charge in [0, 0.05) is 11.1 Å². The summed E-state index contributed by atoms with van der Waals surface area (Å²) in [4.78, 5) is -0.340. The molecule has 0 amide bonds. The van der Waals surface area contributed by atoms with Crippen molar-refractivity contribution in [2.24, 2.45) is 0 Å². The molecule has 6 nitrogen and oxygen atoms in total. The number of rotatable bonds is 11. The Balaban J connectivity index is 1.33. The third-order valence-corrected chi connectivity index (χ3v) is 11.7. The summed E-state index contributed by atoms with van der Waals surface area (Å²) in [6, 6.07) is 46.5. The second kappa shape index (κ2) is 14.9. The van der Waals surface area contributed by atoms with Gasteiger partial charge in [0.05, 0.1) is 0 Å². The van der Waals surface area contributed by atoms with Crippen molar-refractivity contribution in [3.63, 3.8) is 0 Å². The lowest BCUT2D eigenvalue weighted by Crippen LogP contribution is -2.44. The summed E-state index contributed by atoms with van der Waals surface area (Å²) in [5, 5.41) is 0. The van der Waals surface area contributed by atoms with Crippen LogP contribution in [0.3, 0.4) is 0 Å². The van der Waals surface area contributed by atoms with E-state index in [4.69, 9.17) is 8.37 Å². The Morgan fingerprint density at radius 3 is 1.13 bits per heavy atom. The van der Waals surface area contributed by atoms with Crippen molar-refractivity contribution in [3.05, 3.63) is 205 Å². The Hall–Kier alpha value is -6.17. The average Bonchev–Trinajstić information content (AvgIpc) is 3.19. The molecule has 7 rings (SSSR count). The summed E-state index contributed by atoms with van der Waals surface area (Å²) >= 11 is 0. The van der Waals surface area contributed by atoms with E-state index in [0.717, 1.165) is 12.1 Å². The topological polar surface area (TPSA) is 86.7 Å². The van der Waals surface area contributed by atoms with Gasteiger partial charge < -0.3 is 8.37 Å². The third kappa shape index (κ3) is 7.36. The molecule has 0 aromatic heterocycles. The van der Waals surface area contributed by atoms with Crippen LogP contribution in [-0.2, 0) is 25.7 Å². The zero-order chi connectivity index (χ0) is 38.7. The molecular formula is C44H31F3O6S2. The zero-order valence-electron chi connectivity index (χ0n) is 28.8. The summed E-state index contributed by atoms with van der Waals surface area (Å²) in [5.74, 6) is -0.727. The van der Waals surface area contributed by atoms with Crippen molar-refractivity contribution in [1.29, 1.82) is 0 Å². The van der Waals surface area contributed by atoms with Crippen LogP contribution in [0.5, 0.6) is 11.5 Å². The Labute approximate surface area is 317 Å². The lowest BCUT2D eigenvalue weighted by molar-refractivity contribution is -0.166. The average molecular weight is 777 g/mol. The van der Waals surface area contributed by atoms with E-state index >= 15 is 13.2 Å². The maximum absolute atomic E-state index is 16.1. The first kappa shape index (κ1) is 37.2. The van der Waals surface area contributed by atoms with Gasteiger partial charge in [0.15, 0.2) is 0 Å². The van der Waals surface area contributed by atoms with Crippen molar-refractivity contribution in [3.8, 4) is 33.8 Å². The minimum atomic E-state index is -5.07. The molecule has 0 radical (unpaired) electrons. The van der Waals surface area contributed by atoms with E-state index in [2.05, 4.69) is 0 Å². The Bertz CT molecular complexity index is 2510. The van der Waals surface area contributed by atoms with E-state index in [1.165, 1.54) is 84.9 Å². The highest BCUT2D eigenvalue weighted by molar-refractivity contribution is 7.87. The van der Waals surface area contributed by atoms with Gasteiger partial charge in [0.1, 0.15) is 26.7 Å². The second-order valence-corrected chi connectivity index (χ2v) is 15.5. The molecule has 0 saturated carbocycles. The van der Waals surface area contributed by atoms with Crippen LogP contribution in [-0.4, -0.2) is 23.0 Å². The molecule has 0 N–H and O–H groups in total. The standard InChI is InChI=1S/C44H31F3O6S2/c45-44(46,47)43(34-20-8-3-9-21-34,35-22-14-24-37(30-35)52-54(48,49)41-28-12-10-26-39(41)32-16-4-1-5-17-32)36-23-15-25-38(31-36)53-55(50,51)42-29-13-11-27-40(42)33-18-6-2-7-19-33/h1-31H. The first-order valence-corrected chi connectivity index (χ1v) is 19.7. The normalized spacial score (nSPS) is 12.2. The fourth-order valence-electron chi connectivity index (χ4n) is 6.67. The summed E-state index contributed by atoms with van der Waals surface area (Å²) in [7, 11) is -9.13. The predicted molar refractivity (Wildman–Crippen MR) is 205 cm³/mol. The van der Waals surface area contributed by atoms with Gasteiger partial charge >= 0.3 is 26.4 Å². The van der Waals surface area contributed by atoms with Gasteiger partial charge in [-0.1, -0.05) is 152 Å². The number of hydrogen-bond acceptors (Lipinski definition) is 6. The highest BCUT2D eigenvalue weighted by atomic mass is 32.2. The van der Waals surface area contributed by atoms with Crippen molar-refractivity contribution in [2.45, 2.75) is 21.4 Å². The monoisotopic (exact) mass is 776 g/mol. The maximum atomic E-state index is 16.1. The first-order chi connectivity index (χ1) is 26.4. The Morgan fingerprint density at radius 1 is 0.382 bits per heavy atom. The molecule has 0 fully saturated rings. The van der Waals surface area contributed by atoms with Gasteiger partial charge in [-0.05, 0) is 64.2 Å². The summed E-state index contributed by atoms with van der Waals surface area (Å²) < 4.78 is 114. The van der Waals surface area contributed by atoms with E-state index in [0.29, 0.717) is 22.3 Å². The number of benzene rings is 7. The summed E-state index contributed by atoms with van der Waals surface area (Å²) in [6.45, 7) is 0. The Kier molecular flexibility index (Phi) is 10.1. The van der Waals surface area contributed by atoms with E-state index in [1.54, 1.807) is 91.0 Å². The highest BCUT2D eigenvalue weighted by Gasteiger charge is 2.58. The van der Waals surface area contributed by atoms with Gasteiger partial charge in [-0.15, -0.1) is 0 Å². The van der Waals surface area contributed by atoms with Gasteiger partial charge in [0.2, 0.25) is 0 Å². The van der Waals surface area contributed by atoms with Crippen LogP contribution in [0, 0.1) is 0 Å². The quantitative estimate of drug-likeness (QED) is 0.0961. The van der Waals surface area contributed by atoms with E-state index in [9.17, 15) is 16.8 Å². The number of hydrogen-bond donors (Lipinski definition) is 0. The molecule has 0 heterocycles. The fourth-order valence-corrected chi connectivity index (χ4v) is 8.96. The van der Waals surface area contributed by atoms with Crippen LogP contribution in [0.1, 0.15) is 16.7 Å². The largest absolute Gasteiger partial charge is 0.406 e. The molecule has 0 bridgehead atoms. The van der Waals surface area contributed by atoms with Crippen LogP contribution >= 0.6 is 0 Å². The molecule has 7 aromatic rings. The zero-order valence-corrected chi connectivity index (χ0v) is 30.4. The van der Waals surface area contributed by atoms with Gasteiger partial charge in [-0.2, -0.15) is 30.0 Å². The fraction of sp³-hybridized carbons (Fsp3) is 0.0455. The molecule has 0 saturated heterocycles. The van der Waals surface area contributed by atoms with Crippen LogP contribution in [0.2, 0.25) is 0 Å². The van der Waals surface area contributed by atoms with Crippen molar-refractivity contribution in [1.82, 2.24) is 0 Å². The van der Waals surface area contributed by atoms with E-state index in [1.807, 2.05) is 0 Å². The summed E-state index contributed by atoms with van der Waals surface area (Å²) in [5.41, 5.74) is -2.03. The van der Waals surface area contributed by atoms with Crippen molar-refractivity contribution in [2.75, 3.05) is 0 Å². The molecule has 11 heteroatoms. The SMILES string of the molecule is O=S(=O)(Oc1cccc(C(c2ccccc2)(c2cccc(OS(=O)(=O)c3ccccc3-c3ccccc3)c2)C(F)(F)F)c1)c1ccccc1-c1ccccc1. The predicted octanol–water partition coefficient (Wildman–Crippen LogP) is 10.5. The van der Waals surface area contributed by atoms with Crippen molar-refractivity contribution >= 4 is 20.2 Å². The molecule has 55 heavy (non-hydrogen) atoms. The highest BCUT2D eigenvalue weighted by Crippen LogP contribution is 2.52. The maximum Gasteiger partial charge on any atom is 0.406 e. The van der Waals surface area contributed by atoms with Crippen molar-refractivity contribution < 1.29 is 38.4 Å². The lowest BCUT2D eigenvalue weighted by Gasteiger charge is -2.37. The molecule has 0 aliphatic rings. The minimum Gasteiger partial charge on any atom is -0.379 e. The van der Waals surface area contributed by atoms with Gasteiger partial charge in [-0.25, -0.2) is 0 Å². The second-order valence-electron chi connectivity index (χ2n) is 12.5. The number of alkyl halides is 3. The molecule has 0 aliphatic heterocycles. The molecule has 0 unspecified atom stereocenters. The molecule has 7 aromatic carbocycles. The third-order valence-electron chi connectivity index (χ3n) is 9.06. The van der Waals surface area contributed by atoms with Crippen LogP contribution in [0.25, 0.3) is 22.3 Å². The van der Waals surface area contributed by atoms with Gasteiger partial charge in [-0.3, -0.25) is 0 Å². The summed E-state index contributed by atoms with van der Waals surface area (Å²) in [6.07, 6.45) is -5.07. The van der Waals surface area contributed by atoms with Crippen LogP contribution in [0.15, 0.2) is 198 Å². The smallest absolute Gasteiger partial charge is 0.379 e. The Morgan fingerprint density at radius 2 is 0.727 bits per heavy atom. The lowest BCUT2D eigenvalue weighted by atomic mass is 9.68. The molecular weight excluding hydrogens is 746 g/mol. The van der Waals surface area contributed by atoms with Crippen LogP contribution in [0.4, 0.5) is 13.2 Å². The van der Waals surface area contributed by atoms with Crippen LogP contribution < -0.4 is 8.37 Å². The molecule has 276 valence electrons. The molecule has 0 spiro atoms. The first-order valence-electron chi connectivity index (χ1n) is 16.9. The number of halogens is 3. The molecule has 0 aliphatic carbocycles. The van der Waals surface area contributed by atoms with E-state index < -0.39 is 31.8 Å². The van der Waals surface area contributed by atoms with Gasteiger partial charge in [0.25, 0.3) is 0 Å². The minimum absolute atomic E-state index is 0.170. The molecule has 0 atom stereocenters.